The summed E-state index contributed by atoms with van der Waals surface area (Å²) in [6.07, 6.45) is 6.62. The second-order valence-corrected chi connectivity index (χ2v) is 10.6. The number of hydrogen-bond acceptors (Lipinski definition) is 10. The smallest absolute Gasteiger partial charge is 0.247 e. The minimum absolute atomic E-state index is 0.000173. The second kappa shape index (κ2) is 11.3. The van der Waals surface area contributed by atoms with Gasteiger partial charge in [-0.2, -0.15) is 0 Å². The van der Waals surface area contributed by atoms with Crippen LogP contribution in [0.25, 0.3) is 0 Å². The van der Waals surface area contributed by atoms with Crippen LogP contribution in [0.1, 0.15) is 37.1 Å². The van der Waals surface area contributed by atoms with Crippen molar-refractivity contribution in [3.63, 3.8) is 0 Å². The molecule has 0 saturated carbocycles. The van der Waals surface area contributed by atoms with E-state index in [-0.39, 0.29) is 11.9 Å². The van der Waals surface area contributed by atoms with Crippen molar-refractivity contribution in [1.82, 2.24) is 19.9 Å². The number of pyridine rings is 1. The molecule has 0 radical (unpaired) electrons. The summed E-state index contributed by atoms with van der Waals surface area (Å²) in [4.78, 5) is 36.7. The fourth-order valence-corrected chi connectivity index (χ4v) is 6.14. The lowest BCUT2D eigenvalue weighted by Gasteiger charge is -2.36. The van der Waals surface area contributed by atoms with Gasteiger partial charge in [-0.3, -0.25) is 19.5 Å². The summed E-state index contributed by atoms with van der Waals surface area (Å²) in [5.41, 5.74) is 4.34. The van der Waals surface area contributed by atoms with Crippen molar-refractivity contribution in [2.24, 2.45) is 0 Å². The number of carbonyl (C=O) groups is 1. The van der Waals surface area contributed by atoms with Crippen molar-refractivity contribution in [2.75, 3.05) is 53.9 Å². The minimum atomic E-state index is -0.269. The Morgan fingerprint density at radius 3 is 2.76 bits per heavy atom. The van der Waals surface area contributed by atoms with E-state index in [2.05, 4.69) is 55.0 Å². The molecule has 3 aromatic rings. The standard InChI is InChI=1S/C30H36N8O3/c1-5-30(39)35-23-12-24(27(40-4)13-26(23)37-17-21-11-22(37)16-36(21)6-2)34-28-14-29(33-18-32-28)38-25(9-10-41-38)20-8-7-19(3)31-15-20/h5,7-8,12-15,18,21-22,25H,1,6,9-11,16-17H2,2-4H3,(H,35,39)(H,32,33,34)/t21-,22-,25-/m1/s1. The summed E-state index contributed by atoms with van der Waals surface area (Å²) in [6, 6.07) is 10.7. The number of ether oxygens (including phenoxy) is 1. The summed E-state index contributed by atoms with van der Waals surface area (Å²) < 4.78 is 5.82. The van der Waals surface area contributed by atoms with Gasteiger partial charge in [0, 0.05) is 55.6 Å². The lowest BCUT2D eigenvalue weighted by Crippen LogP contribution is -2.46. The second-order valence-electron chi connectivity index (χ2n) is 10.6. The third kappa shape index (κ3) is 5.30. The Morgan fingerprint density at radius 2 is 2.05 bits per heavy atom. The number of nitrogens with zero attached hydrogens (tertiary/aromatic N) is 6. The molecular formula is C30H36N8O3. The van der Waals surface area contributed by atoms with E-state index < -0.39 is 0 Å². The first-order valence-corrected chi connectivity index (χ1v) is 14.1. The Balaban J connectivity index is 1.29. The molecule has 2 bridgehead atoms. The number of aromatic nitrogens is 3. The zero-order chi connectivity index (χ0) is 28.5. The van der Waals surface area contributed by atoms with Crippen molar-refractivity contribution in [2.45, 2.75) is 44.8 Å². The Bertz CT molecular complexity index is 1430. The molecule has 3 saturated heterocycles. The zero-order valence-corrected chi connectivity index (χ0v) is 23.7. The summed E-state index contributed by atoms with van der Waals surface area (Å²) in [5, 5.41) is 8.20. The summed E-state index contributed by atoms with van der Waals surface area (Å²) >= 11 is 0. The van der Waals surface area contributed by atoms with E-state index >= 15 is 0 Å². The molecule has 1 amide bonds. The van der Waals surface area contributed by atoms with Gasteiger partial charge in [0.15, 0.2) is 5.82 Å². The molecule has 6 rings (SSSR count). The maximum Gasteiger partial charge on any atom is 0.247 e. The van der Waals surface area contributed by atoms with Crippen molar-refractivity contribution >= 4 is 34.6 Å². The monoisotopic (exact) mass is 556 g/mol. The highest BCUT2D eigenvalue weighted by molar-refractivity contribution is 6.02. The third-order valence-corrected chi connectivity index (χ3v) is 8.20. The first-order chi connectivity index (χ1) is 20.0. The predicted molar refractivity (Wildman–Crippen MR) is 159 cm³/mol. The van der Waals surface area contributed by atoms with Crippen LogP contribution in [0, 0.1) is 6.92 Å². The van der Waals surface area contributed by atoms with Gasteiger partial charge in [0.05, 0.1) is 36.8 Å². The van der Waals surface area contributed by atoms with Crippen LogP contribution in [0.15, 0.2) is 55.5 Å². The highest BCUT2D eigenvalue weighted by Crippen LogP contribution is 2.43. The number of fused-ring (bicyclic) bond motifs is 2. The molecule has 3 atom stereocenters. The van der Waals surface area contributed by atoms with E-state index in [1.165, 1.54) is 12.4 Å². The van der Waals surface area contributed by atoms with E-state index in [4.69, 9.17) is 9.57 Å². The number of anilines is 5. The van der Waals surface area contributed by atoms with E-state index in [1.54, 1.807) is 7.11 Å². The molecular weight excluding hydrogens is 520 g/mol. The van der Waals surface area contributed by atoms with Crippen LogP contribution in [0.5, 0.6) is 5.75 Å². The van der Waals surface area contributed by atoms with Gasteiger partial charge in [0.1, 0.15) is 17.9 Å². The number of aryl methyl sites for hydroxylation is 1. The fourth-order valence-electron chi connectivity index (χ4n) is 6.14. The molecule has 41 heavy (non-hydrogen) atoms. The summed E-state index contributed by atoms with van der Waals surface area (Å²) in [6.45, 7) is 11.4. The van der Waals surface area contributed by atoms with Gasteiger partial charge in [-0.05, 0) is 43.7 Å². The lowest BCUT2D eigenvalue weighted by atomic mass is 10.1. The van der Waals surface area contributed by atoms with Crippen molar-refractivity contribution < 1.29 is 14.4 Å². The molecule has 0 unspecified atom stereocenters. The van der Waals surface area contributed by atoms with E-state index in [0.29, 0.717) is 47.5 Å². The molecule has 3 fully saturated rings. The molecule has 11 heteroatoms. The van der Waals surface area contributed by atoms with Crippen LogP contribution in [-0.4, -0.2) is 71.2 Å². The van der Waals surface area contributed by atoms with Crippen molar-refractivity contribution in [3.8, 4) is 5.75 Å². The first-order valence-electron chi connectivity index (χ1n) is 14.1. The van der Waals surface area contributed by atoms with Crippen LogP contribution in [-0.2, 0) is 9.63 Å². The topological polar surface area (TPSA) is 108 Å². The van der Waals surface area contributed by atoms with Gasteiger partial charge in [-0.1, -0.05) is 19.6 Å². The van der Waals surface area contributed by atoms with Gasteiger partial charge in [0.2, 0.25) is 5.91 Å². The number of carbonyl (C=O) groups excluding carboxylic acids is 1. The minimum Gasteiger partial charge on any atom is -0.494 e. The third-order valence-electron chi connectivity index (χ3n) is 8.20. The molecule has 5 heterocycles. The predicted octanol–water partition coefficient (Wildman–Crippen LogP) is 4.22. The van der Waals surface area contributed by atoms with E-state index in [0.717, 1.165) is 49.4 Å². The van der Waals surface area contributed by atoms with E-state index in [9.17, 15) is 4.79 Å². The molecule has 1 aromatic carbocycles. The Labute approximate surface area is 240 Å². The molecule has 3 aliphatic heterocycles. The van der Waals surface area contributed by atoms with Gasteiger partial charge in [-0.15, -0.1) is 0 Å². The number of hydrogen-bond donors (Lipinski definition) is 2. The van der Waals surface area contributed by atoms with E-state index in [1.807, 2.05) is 42.4 Å². The van der Waals surface area contributed by atoms with Gasteiger partial charge >= 0.3 is 0 Å². The van der Waals surface area contributed by atoms with Crippen LogP contribution >= 0.6 is 0 Å². The summed E-state index contributed by atoms with van der Waals surface area (Å²) in [7, 11) is 1.64. The first kappa shape index (κ1) is 27.0. The Hall–Kier alpha value is -4.22. The Kier molecular flexibility index (Phi) is 7.46. The molecule has 2 aromatic heterocycles. The fraction of sp³-hybridized carbons (Fsp3) is 0.400. The maximum absolute atomic E-state index is 12.4. The summed E-state index contributed by atoms with van der Waals surface area (Å²) in [5.74, 6) is 1.58. The van der Waals surface area contributed by atoms with Crippen molar-refractivity contribution in [1.29, 1.82) is 0 Å². The SMILES string of the molecule is C=CC(=O)Nc1cc(Nc2cc(N3OCC[C@@H]3c3ccc(C)nc3)ncn2)c(OC)cc1N1C[C@H]2C[C@@H]1CN2CC. The lowest BCUT2D eigenvalue weighted by molar-refractivity contribution is -0.111. The van der Waals surface area contributed by atoms with Crippen LogP contribution in [0.3, 0.4) is 0 Å². The maximum atomic E-state index is 12.4. The average molecular weight is 557 g/mol. The number of rotatable bonds is 9. The highest BCUT2D eigenvalue weighted by atomic mass is 16.7. The zero-order valence-electron chi connectivity index (χ0n) is 23.7. The van der Waals surface area contributed by atoms with Gasteiger partial charge in [0.25, 0.3) is 0 Å². The molecule has 2 N–H and O–H groups in total. The quantitative estimate of drug-likeness (QED) is 0.372. The van der Waals surface area contributed by atoms with Gasteiger partial charge in [-0.25, -0.2) is 15.0 Å². The van der Waals surface area contributed by atoms with Gasteiger partial charge < -0.3 is 20.3 Å². The average Bonchev–Trinajstić information content (AvgIpc) is 3.74. The number of amides is 1. The molecule has 0 spiro atoms. The number of hydroxylamine groups is 1. The van der Waals surface area contributed by atoms with Crippen LogP contribution in [0.2, 0.25) is 0 Å². The molecule has 3 aliphatic rings. The highest BCUT2D eigenvalue weighted by Gasteiger charge is 2.43. The molecule has 11 nitrogen and oxygen atoms in total. The van der Waals surface area contributed by atoms with Crippen molar-refractivity contribution in [3.05, 3.63) is 66.8 Å². The molecule has 0 aliphatic carbocycles. The molecule has 214 valence electrons. The normalized spacial score (nSPS) is 21.8. The van der Waals surface area contributed by atoms with Crippen LogP contribution < -0.4 is 25.3 Å². The van der Waals surface area contributed by atoms with Crippen LogP contribution in [0.4, 0.5) is 28.7 Å². The number of piperazine rings is 1. The number of likely N-dealkylation sites (tertiary alicyclic amines) is 1. The Morgan fingerprint density at radius 1 is 1.17 bits per heavy atom. The number of benzene rings is 1. The largest absolute Gasteiger partial charge is 0.494 e. The number of nitrogens with one attached hydrogen (secondary N) is 2. The number of methoxy groups -OCH3 is 1. The number of likely N-dealkylation sites (N-methyl/N-ethyl adjacent to an activating group) is 1.